The van der Waals surface area contributed by atoms with E-state index in [9.17, 15) is 9.59 Å². The predicted molar refractivity (Wildman–Crippen MR) is 86.8 cm³/mol. The van der Waals surface area contributed by atoms with Crippen LogP contribution >= 0.6 is 22.6 Å². The van der Waals surface area contributed by atoms with E-state index in [4.69, 9.17) is 10.8 Å². The van der Waals surface area contributed by atoms with Gasteiger partial charge in [0, 0.05) is 9.99 Å². The van der Waals surface area contributed by atoms with Crippen molar-refractivity contribution in [2.45, 2.75) is 26.2 Å². The highest BCUT2D eigenvalue weighted by Crippen LogP contribution is 2.20. The highest BCUT2D eigenvalue weighted by atomic mass is 127. The topological polar surface area (TPSA) is 92.4 Å². The molecule has 1 amide bonds. The number of carboxylic acids is 1. The summed E-state index contributed by atoms with van der Waals surface area (Å²) in [4.78, 5) is 23.0. The van der Waals surface area contributed by atoms with Gasteiger partial charge in [0.1, 0.15) is 0 Å². The van der Waals surface area contributed by atoms with Crippen LogP contribution in [0.25, 0.3) is 0 Å². The lowest BCUT2D eigenvalue weighted by Gasteiger charge is -2.11. The molecule has 1 rings (SSSR count). The van der Waals surface area contributed by atoms with E-state index in [1.54, 1.807) is 12.1 Å². The van der Waals surface area contributed by atoms with Crippen LogP contribution in [0.1, 0.15) is 36.5 Å². The molecule has 0 saturated carbocycles. The summed E-state index contributed by atoms with van der Waals surface area (Å²) in [5.74, 6) is -0.825. The summed E-state index contributed by atoms with van der Waals surface area (Å²) in [7, 11) is 0. The third-order valence-corrected chi connectivity index (χ3v) is 3.68. The lowest BCUT2D eigenvalue weighted by molar-refractivity contribution is -0.116. The van der Waals surface area contributed by atoms with Gasteiger partial charge in [-0.1, -0.05) is 6.92 Å². The molecule has 4 N–H and O–H groups in total. The van der Waals surface area contributed by atoms with Gasteiger partial charge in [-0.25, -0.2) is 4.79 Å². The van der Waals surface area contributed by atoms with Gasteiger partial charge in [-0.15, -0.1) is 0 Å². The largest absolute Gasteiger partial charge is 0.478 e. The number of aromatic carboxylic acids is 1. The summed E-state index contributed by atoms with van der Waals surface area (Å²) < 4.78 is 0.814. The second-order valence-corrected chi connectivity index (χ2v) is 6.01. The number of amides is 1. The SMILES string of the molecule is CC(CCN)CCC(=O)Nc1ccc(I)cc1C(=O)O. The molecule has 0 saturated heterocycles. The van der Waals surface area contributed by atoms with Crippen LogP contribution in [-0.4, -0.2) is 23.5 Å². The van der Waals surface area contributed by atoms with Crippen LogP contribution in [0.15, 0.2) is 18.2 Å². The van der Waals surface area contributed by atoms with Crippen molar-refractivity contribution in [2.24, 2.45) is 11.7 Å². The van der Waals surface area contributed by atoms with Gasteiger partial charge in [0.15, 0.2) is 0 Å². The van der Waals surface area contributed by atoms with Gasteiger partial charge < -0.3 is 16.2 Å². The van der Waals surface area contributed by atoms with Gasteiger partial charge in [0.25, 0.3) is 0 Å². The molecule has 0 aliphatic carbocycles. The number of carbonyl (C=O) groups excluding carboxylic acids is 1. The third kappa shape index (κ3) is 5.46. The van der Waals surface area contributed by atoms with Gasteiger partial charge >= 0.3 is 5.97 Å². The number of benzene rings is 1. The first-order chi connectivity index (χ1) is 9.43. The normalized spacial score (nSPS) is 11.9. The van der Waals surface area contributed by atoms with Crippen molar-refractivity contribution in [3.05, 3.63) is 27.3 Å². The molecule has 20 heavy (non-hydrogen) atoms. The Balaban J connectivity index is 2.64. The van der Waals surface area contributed by atoms with Crippen LogP contribution < -0.4 is 11.1 Å². The van der Waals surface area contributed by atoms with E-state index in [2.05, 4.69) is 5.32 Å². The zero-order chi connectivity index (χ0) is 15.1. The smallest absolute Gasteiger partial charge is 0.337 e. The number of carbonyl (C=O) groups is 2. The van der Waals surface area contributed by atoms with Crippen molar-refractivity contribution >= 4 is 40.2 Å². The maximum absolute atomic E-state index is 11.8. The average molecular weight is 390 g/mol. The van der Waals surface area contributed by atoms with Crippen molar-refractivity contribution in [3.63, 3.8) is 0 Å². The zero-order valence-electron chi connectivity index (χ0n) is 11.4. The Hall–Kier alpha value is -1.15. The van der Waals surface area contributed by atoms with E-state index in [-0.39, 0.29) is 11.5 Å². The molecule has 0 aromatic heterocycles. The summed E-state index contributed by atoms with van der Waals surface area (Å²) in [5.41, 5.74) is 5.91. The summed E-state index contributed by atoms with van der Waals surface area (Å²) in [6.45, 7) is 2.66. The molecular weight excluding hydrogens is 371 g/mol. The van der Waals surface area contributed by atoms with Gasteiger partial charge in [-0.2, -0.15) is 0 Å². The molecule has 0 aliphatic heterocycles. The Kier molecular flexibility index (Phi) is 6.94. The summed E-state index contributed by atoms with van der Waals surface area (Å²) >= 11 is 2.04. The number of nitrogens with two attached hydrogens (primary N) is 1. The van der Waals surface area contributed by atoms with Crippen molar-refractivity contribution in [3.8, 4) is 0 Å². The number of hydrogen-bond donors (Lipinski definition) is 3. The molecule has 1 atom stereocenters. The highest BCUT2D eigenvalue weighted by Gasteiger charge is 2.13. The van der Waals surface area contributed by atoms with E-state index in [0.29, 0.717) is 24.6 Å². The average Bonchev–Trinajstić information content (AvgIpc) is 2.38. The number of rotatable bonds is 7. The molecule has 0 heterocycles. The maximum Gasteiger partial charge on any atom is 0.337 e. The molecule has 6 heteroatoms. The molecule has 0 spiro atoms. The van der Waals surface area contributed by atoms with Crippen molar-refractivity contribution < 1.29 is 14.7 Å². The minimum atomic E-state index is -1.05. The molecule has 0 fully saturated rings. The third-order valence-electron chi connectivity index (χ3n) is 3.01. The standard InChI is InChI=1S/C14H19IN2O3/c1-9(6-7-16)2-5-13(18)17-12-4-3-10(15)8-11(12)14(19)20/h3-4,8-9H,2,5-7,16H2,1H3,(H,17,18)(H,19,20). The van der Waals surface area contributed by atoms with Crippen molar-refractivity contribution in [1.82, 2.24) is 0 Å². The number of halogens is 1. The number of hydrogen-bond acceptors (Lipinski definition) is 3. The molecule has 0 aliphatic rings. The summed E-state index contributed by atoms with van der Waals surface area (Å²) in [5, 5.41) is 11.8. The molecule has 0 bridgehead atoms. The minimum Gasteiger partial charge on any atom is -0.478 e. The lowest BCUT2D eigenvalue weighted by atomic mass is 10.0. The van der Waals surface area contributed by atoms with Gasteiger partial charge in [0.05, 0.1) is 11.3 Å². The number of carboxylic acid groups (broad SMARTS) is 1. The van der Waals surface area contributed by atoms with E-state index in [1.165, 1.54) is 6.07 Å². The van der Waals surface area contributed by atoms with Gasteiger partial charge in [0.2, 0.25) is 5.91 Å². The fourth-order valence-electron chi connectivity index (χ4n) is 1.82. The first-order valence-corrected chi connectivity index (χ1v) is 7.54. The van der Waals surface area contributed by atoms with Crippen LogP contribution in [-0.2, 0) is 4.79 Å². The zero-order valence-corrected chi connectivity index (χ0v) is 13.5. The van der Waals surface area contributed by atoms with E-state index in [1.807, 2.05) is 29.5 Å². The Morgan fingerprint density at radius 1 is 1.40 bits per heavy atom. The van der Waals surface area contributed by atoms with Crippen LogP contribution in [0, 0.1) is 9.49 Å². The molecule has 1 aromatic rings. The van der Waals surface area contributed by atoms with E-state index < -0.39 is 5.97 Å². The van der Waals surface area contributed by atoms with Crippen LogP contribution in [0.3, 0.4) is 0 Å². The molecule has 0 radical (unpaired) electrons. The monoisotopic (exact) mass is 390 g/mol. The number of anilines is 1. The summed E-state index contributed by atoms with van der Waals surface area (Å²) in [6, 6.07) is 4.92. The quantitative estimate of drug-likeness (QED) is 0.625. The fourth-order valence-corrected chi connectivity index (χ4v) is 2.31. The molecule has 5 nitrogen and oxygen atoms in total. The Morgan fingerprint density at radius 3 is 2.70 bits per heavy atom. The Labute approximate surface area is 132 Å². The Bertz CT molecular complexity index is 491. The van der Waals surface area contributed by atoms with Crippen molar-refractivity contribution in [1.29, 1.82) is 0 Å². The van der Waals surface area contributed by atoms with Gasteiger partial charge in [-0.05, 0) is 66.1 Å². The van der Waals surface area contributed by atoms with E-state index in [0.717, 1.165) is 16.4 Å². The first-order valence-electron chi connectivity index (χ1n) is 6.46. The van der Waals surface area contributed by atoms with E-state index >= 15 is 0 Å². The number of nitrogens with one attached hydrogen (secondary N) is 1. The molecule has 110 valence electrons. The molecule has 1 unspecified atom stereocenters. The molecule has 1 aromatic carbocycles. The molecular formula is C14H19IN2O3. The second-order valence-electron chi connectivity index (χ2n) is 4.76. The summed E-state index contributed by atoms with van der Waals surface area (Å²) in [6.07, 6.45) is 2.00. The minimum absolute atomic E-state index is 0.111. The fraction of sp³-hybridized carbons (Fsp3) is 0.429. The van der Waals surface area contributed by atoms with Crippen LogP contribution in [0.4, 0.5) is 5.69 Å². The lowest BCUT2D eigenvalue weighted by Crippen LogP contribution is -2.16. The highest BCUT2D eigenvalue weighted by molar-refractivity contribution is 14.1. The van der Waals surface area contributed by atoms with Crippen LogP contribution in [0.5, 0.6) is 0 Å². The van der Waals surface area contributed by atoms with Gasteiger partial charge in [-0.3, -0.25) is 4.79 Å². The maximum atomic E-state index is 11.8. The Morgan fingerprint density at radius 2 is 2.10 bits per heavy atom. The first kappa shape index (κ1) is 16.9. The second kappa shape index (κ2) is 8.21. The van der Waals surface area contributed by atoms with Crippen molar-refractivity contribution in [2.75, 3.05) is 11.9 Å². The predicted octanol–water partition coefficient (Wildman–Crippen LogP) is 2.69. The van der Waals surface area contributed by atoms with Crippen LogP contribution in [0.2, 0.25) is 0 Å².